The summed E-state index contributed by atoms with van der Waals surface area (Å²) in [7, 11) is 0. The lowest BCUT2D eigenvalue weighted by Gasteiger charge is -2.27. The third-order valence-corrected chi connectivity index (χ3v) is 8.17. The lowest BCUT2D eigenvalue weighted by Crippen LogP contribution is -2.10. The summed E-state index contributed by atoms with van der Waals surface area (Å²) in [5.41, 5.74) is 9.45. The Labute approximate surface area is 245 Å². The van der Waals surface area contributed by atoms with E-state index in [4.69, 9.17) is 0 Å². The highest BCUT2D eigenvalue weighted by atomic mass is 15.1. The standard InChI is InChI=1S/C40H28N2/c1-3-14-32(15-4-1)41(38-21-11-13-30-12-7-8-18-35(30)38)34-25-22-29(23-26-34)31-24-27-40-37(28-31)36-19-9-10-20-39(36)42(40)33-16-5-2-6-17-33/h1-28H. The minimum atomic E-state index is 1.13. The third-order valence-electron chi connectivity index (χ3n) is 8.17. The van der Waals surface area contributed by atoms with Crippen molar-refractivity contribution in [2.75, 3.05) is 4.90 Å². The van der Waals surface area contributed by atoms with Gasteiger partial charge in [0.1, 0.15) is 0 Å². The van der Waals surface area contributed by atoms with E-state index >= 15 is 0 Å². The lowest BCUT2D eigenvalue weighted by molar-refractivity contribution is 1.18. The molecular formula is C40H28N2. The van der Waals surface area contributed by atoms with E-state index in [1.165, 1.54) is 55.1 Å². The van der Waals surface area contributed by atoms with Crippen LogP contribution in [0.5, 0.6) is 0 Å². The van der Waals surface area contributed by atoms with Crippen molar-refractivity contribution in [1.82, 2.24) is 4.57 Å². The monoisotopic (exact) mass is 536 g/mol. The average molecular weight is 537 g/mol. The predicted molar refractivity (Wildman–Crippen MR) is 178 cm³/mol. The number of para-hydroxylation sites is 3. The predicted octanol–water partition coefficient (Wildman–Crippen LogP) is 11.1. The Morgan fingerprint density at radius 1 is 0.381 bits per heavy atom. The van der Waals surface area contributed by atoms with Crippen molar-refractivity contribution < 1.29 is 0 Å². The van der Waals surface area contributed by atoms with Gasteiger partial charge in [0.2, 0.25) is 0 Å². The average Bonchev–Trinajstić information content (AvgIpc) is 3.40. The molecule has 0 spiro atoms. The molecule has 8 aromatic rings. The fourth-order valence-corrected chi connectivity index (χ4v) is 6.22. The van der Waals surface area contributed by atoms with Crippen LogP contribution in [0.4, 0.5) is 17.1 Å². The van der Waals surface area contributed by atoms with Crippen LogP contribution in [0.2, 0.25) is 0 Å². The fourth-order valence-electron chi connectivity index (χ4n) is 6.22. The second-order valence-electron chi connectivity index (χ2n) is 10.6. The summed E-state index contributed by atoms with van der Waals surface area (Å²) in [5, 5.41) is 4.99. The topological polar surface area (TPSA) is 8.17 Å². The van der Waals surface area contributed by atoms with Crippen molar-refractivity contribution >= 4 is 49.6 Å². The van der Waals surface area contributed by atoms with Gasteiger partial charge in [-0.1, -0.05) is 109 Å². The zero-order valence-electron chi connectivity index (χ0n) is 23.1. The van der Waals surface area contributed by atoms with Crippen LogP contribution in [0.25, 0.3) is 49.4 Å². The quantitative estimate of drug-likeness (QED) is 0.212. The van der Waals surface area contributed by atoms with Crippen molar-refractivity contribution in [2.24, 2.45) is 0 Å². The second kappa shape index (κ2) is 10.1. The van der Waals surface area contributed by atoms with E-state index in [0.717, 1.165) is 11.4 Å². The van der Waals surface area contributed by atoms with Gasteiger partial charge in [-0.15, -0.1) is 0 Å². The fraction of sp³-hybridized carbons (Fsp3) is 0. The molecule has 8 rings (SSSR count). The number of anilines is 3. The number of hydrogen-bond acceptors (Lipinski definition) is 1. The Kier molecular flexibility index (Phi) is 5.82. The Morgan fingerprint density at radius 2 is 0.976 bits per heavy atom. The van der Waals surface area contributed by atoms with E-state index in [1.54, 1.807) is 0 Å². The zero-order valence-corrected chi connectivity index (χ0v) is 23.1. The van der Waals surface area contributed by atoms with E-state index in [0.29, 0.717) is 0 Å². The number of benzene rings is 7. The molecule has 1 heterocycles. The van der Waals surface area contributed by atoms with Gasteiger partial charge in [0.05, 0.1) is 16.7 Å². The van der Waals surface area contributed by atoms with Gasteiger partial charge in [-0.2, -0.15) is 0 Å². The first kappa shape index (κ1) is 24.2. The summed E-state index contributed by atoms with van der Waals surface area (Å²) >= 11 is 0. The second-order valence-corrected chi connectivity index (χ2v) is 10.6. The molecule has 0 N–H and O–H groups in total. The minimum absolute atomic E-state index is 1.13. The number of aromatic nitrogens is 1. The van der Waals surface area contributed by atoms with E-state index < -0.39 is 0 Å². The molecule has 0 bridgehead atoms. The molecule has 0 saturated carbocycles. The first-order chi connectivity index (χ1) is 20.8. The lowest BCUT2D eigenvalue weighted by atomic mass is 10.0. The van der Waals surface area contributed by atoms with Gasteiger partial charge in [0.15, 0.2) is 0 Å². The van der Waals surface area contributed by atoms with E-state index in [2.05, 4.69) is 179 Å². The Balaban J connectivity index is 1.24. The number of nitrogens with zero attached hydrogens (tertiary/aromatic N) is 2. The van der Waals surface area contributed by atoms with Crippen LogP contribution >= 0.6 is 0 Å². The van der Waals surface area contributed by atoms with Gasteiger partial charge in [0.25, 0.3) is 0 Å². The summed E-state index contributed by atoms with van der Waals surface area (Å²) in [4.78, 5) is 2.35. The van der Waals surface area contributed by atoms with Crippen LogP contribution < -0.4 is 4.90 Å². The van der Waals surface area contributed by atoms with Gasteiger partial charge in [0, 0.05) is 33.2 Å². The van der Waals surface area contributed by atoms with Crippen LogP contribution in [0, 0.1) is 0 Å². The highest BCUT2D eigenvalue weighted by Gasteiger charge is 2.16. The third kappa shape index (κ3) is 4.05. The van der Waals surface area contributed by atoms with Crippen LogP contribution in [0.1, 0.15) is 0 Å². The Bertz CT molecular complexity index is 2170. The Hall–Kier alpha value is -5.60. The summed E-state index contributed by atoms with van der Waals surface area (Å²) in [6.07, 6.45) is 0. The molecular weight excluding hydrogens is 508 g/mol. The van der Waals surface area contributed by atoms with Gasteiger partial charge in [-0.3, -0.25) is 0 Å². The Morgan fingerprint density at radius 3 is 1.79 bits per heavy atom. The molecule has 0 radical (unpaired) electrons. The molecule has 1 aromatic heterocycles. The van der Waals surface area contributed by atoms with Crippen LogP contribution in [-0.4, -0.2) is 4.57 Å². The zero-order chi connectivity index (χ0) is 27.9. The first-order valence-electron chi connectivity index (χ1n) is 14.4. The maximum absolute atomic E-state index is 2.36. The van der Waals surface area contributed by atoms with E-state index in [9.17, 15) is 0 Å². The van der Waals surface area contributed by atoms with Crippen LogP contribution in [0.3, 0.4) is 0 Å². The number of hydrogen-bond donors (Lipinski definition) is 0. The van der Waals surface area contributed by atoms with E-state index in [-0.39, 0.29) is 0 Å². The molecule has 42 heavy (non-hydrogen) atoms. The molecule has 0 aliphatic heterocycles. The molecule has 0 aliphatic carbocycles. The summed E-state index contributed by atoms with van der Waals surface area (Å²) < 4.78 is 2.36. The smallest absolute Gasteiger partial charge is 0.0541 e. The summed E-state index contributed by atoms with van der Waals surface area (Å²) in [6, 6.07) is 60.8. The maximum Gasteiger partial charge on any atom is 0.0541 e. The van der Waals surface area contributed by atoms with Crippen molar-refractivity contribution in [2.45, 2.75) is 0 Å². The molecule has 198 valence electrons. The summed E-state index contributed by atoms with van der Waals surface area (Å²) in [5.74, 6) is 0. The van der Waals surface area contributed by atoms with Crippen molar-refractivity contribution in [3.8, 4) is 16.8 Å². The highest BCUT2D eigenvalue weighted by Crippen LogP contribution is 2.40. The molecule has 0 unspecified atom stereocenters. The SMILES string of the molecule is c1ccc(N(c2ccc(-c3ccc4c(c3)c3ccccc3n4-c3ccccc3)cc2)c2cccc3ccccc23)cc1. The molecule has 0 fully saturated rings. The molecule has 0 amide bonds. The van der Waals surface area contributed by atoms with E-state index in [1.807, 2.05) is 0 Å². The van der Waals surface area contributed by atoms with Crippen molar-refractivity contribution in [1.29, 1.82) is 0 Å². The van der Waals surface area contributed by atoms with Crippen molar-refractivity contribution in [3.63, 3.8) is 0 Å². The van der Waals surface area contributed by atoms with Crippen LogP contribution in [-0.2, 0) is 0 Å². The molecule has 0 aliphatic rings. The van der Waals surface area contributed by atoms with Crippen LogP contribution in [0.15, 0.2) is 170 Å². The number of fused-ring (bicyclic) bond motifs is 4. The number of rotatable bonds is 5. The first-order valence-corrected chi connectivity index (χ1v) is 14.4. The molecule has 2 nitrogen and oxygen atoms in total. The van der Waals surface area contributed by atoms with Gasteiger partial charge in [-0.25, -0.2) is 0 Å². The van der Waals surface area contributed by atoms with Gasteiger partial charge >= 0.3 is 0 Å². The van der Waals surface area contributed by atoms with Gasteiger partial charge < -0.3 is 9.47 Å². The molecule has 7 aromatic carbocycles. The molecule has 0 atom stereocenters. The normalized spacial score (nSPS) is 11.3. The summed E-state index contributed by atoms with van der Waals surface area (Å²) in [6.45, 7) is 0. The maximum atomic E-state index is 2.36. The van der Waals surface area contributed by atoms with Gasteiger partial charge in [-0.05, 0) is 77.2 Å². The minimum Gasteiger partial charge on any atom is -0.310 e. The largest absolute Gasteiger partial charge is 0.310 e. The highest BCUT2D eigenvalue weighted by molar-refractivity contribution is 6.10. The van der Waals surface area contributed by atoms with Crippen molar-refractivity contribution in [3.05, 3.63) is 170 Å². The molecule has 2 heteroatoms. The molecule has 0 saturated heterocycles.